The number of hydrogen-bond donors (Lipinski definition) is 2. The summed E-state index contributed by atoms with van der Waals surface area (Å²) in [5, 5.41) is 18.8. The zero-order chi connectivity index (χ0) is 10.0. The standard InChI is InChI=1S/C7H9BrO5/c1-12-6-4(10)5(3(9)2-8)13-7(6)11/h3,5,9-10H,2H2,1H3/t3?,5-/m1/s1. The van der Waals surface area contributed by atoms with E-state index in [1.807, 2.05) is 0 Å². The zero-order valence-electron chi connectivity index (χ0n) is 6.86. The lowest BCUT2D eigenvalue weighted by molar-refractivity contribution is -0.146. The van der Waals surface area contributed by atoms with E-state index in [1.54, 1.807) is 0 Å². The minimum atomic E-state index is -1.03. The fraction of sp³-hybridized carbons (Fsp3) is 0.571. The Bertz CT molecular complexity index is 249. The number of halogens is 1. The number of ether oxygens (including phenoxy) is 2. The van der Waals surface area contributed by atoms with Crippen molar-refractivity contribution in [1.29, 1.82) is 0 Å². The van der Waals surface area contributed by atoms with Crippen LogP contribution in [0.4, 0.5) is 0 Å². The van der Waals surface area contributed by atoms with Crippen molar-refractivity contribution in [3.63, 3.8) is 0 Å². The summed E-state index contributed by atoms with van der Waals surface area (Å²) in [6, 6.07) is 0. The smallest absolute Gasteiger partial charge is 0.378 e. The van der Waals surface area contributed by atoms with Gasteiger partial charge in [0.15, 0.2) is 11.9 Å². The number of alkyl halides is 1. The second kappa shape index (κ2) is 3.97. The van der Waals surface area contributed by atoms with Gasteiger partial charge in [-0.3, -0.25) is 0 Å². The molecule has 0 bridgehead atoms. The van der Waals surface area contributed by atoms with Gasteiger partial charge in [-0.25, -0.2) is 4.79 Å². The number of aliphatic hydroxyl groups is 2. The minimum Gasteiger partial charge on any atom is -0.505 e. The van der Waals surface area contributed by atoms with E-state index in [0.29, 0.717) is 0 Å². The van der Waals surface area contributed by atoms with Crippen LogP contribution in [-0.4, -0.2) is 40.8 Å². The monoisotopic (exact) mass is 252 g/mol. The van der Waals surface area contributed by atoms with Crippen molar-refractivity contribution in [3.05, 3.63) is 11.5 Å². The summed E-state index contributed by atoms with van der Waals surface area (Å²) < 4.78 is 9.25. The van der Waals surface area contributed by atoms with Crippen molar-refractivity contribution in [2.75, 3.05) is 12.4 Å². The third kappa shape index (κ3) is 1.78. The molecule has 1 unspecified atom stereocenters. The van der Waals surface area contributed by atoms with E-state index >= 15 is 0 Å². The van der Waals surface area contributed by atoms with Crippen LogP contribution < -0.4 is 0 Å². The van der Waals surface area contributed by atoms with Crippen molar-refractivity contribution >= 4 is 21.9 Å². The Kier molecular flexibility index (Phi) is 3.16. The molecule has 0 saturated carbocycles. The first-order chi connectivity index (χ1) is 6.11. The average Bonchev–Trinajstić information content (AvgIpc) is 2.40. The molecule has 5 nitrogen and oxygen atoms in total. The SMILES string of the molecule is COC1=C(O)[C@@H](C(O)CBr)OC1=O. The van der Waals surface area contributed by atoms with Crippen LogP contribution in [0.15, 0.2) is 11.5 Å². The maximum absolute atomic E-state index is 11.0. The Hall–Kier alpha value is -0.750. The first-order valence-corrected chi connectivity index (χ1v) is 4.66. The number of hydrogen-bond acceptors (Lipinski definition) is 5. The molecule has 0 aromatic heterocycles. The lowest BCUT2D eigenvalue weighted by atomic mass is 10.2. The fourth-order valence-electron chi connectivity index (χ4n) is 0.988. The summed E-state index contributed by atoms with van der Waals surface area (Å²) in [5.74, 6) is -1.37. The molecule has 6 heteroatoms. The van der Waals surface area contributed by atoms with Gasteiger partial charge in [-0.05, 0) is 0 Å². The van der Waals surface area contributed by atoms with Crippen molar-refractivity contribution in [2.24, 2.45) is 0 Å². The number of methoxy groups -OCH3 is 1. The molecule has 0 aromatic rings. The summed E-state index contributed by atoms with van der Waals surface area (Å²) in [4.78, 5) is 11.0. The first-order valence-electron chi connectivity index (χ1n) is 3.54. The van der Waals surface area contributed by atoms with E-state index in [2.05, 4.69) is 25.4 Å². The highest BCUT2D eigenvalue weighted by atomic mass is 79.9. The summed E-state index contributed by atoms with van der Waals surface area (Å²) in [6.45, 7) is 0. The van der Waals surface area contributed by atoms with Crippen LogP contribution in [0.25, 0.3) is 0 Å². The molecule has 0 aliphatic carbocycles. The Labute approximate surface area is 83.1 Å². The normalized spacial score (nSPS) is 24.5. The van der Waals surface area contributed by atoms with Gasteiger partial charge in [0, 0.05) is 5.33 Å². The molecule has 0 spiro atoms. The van der Waals surface area contributed by atoms with Gasteiger partial charge in [-0.1, -0.05) is 15.9 Å². The van der Waals surface area contributed by atoms with E-state index in [-0.39, 0.29) is 16.8 Å². The van der Waals surface area contributed by atoms with E-state index in [9.17, 15) is 15.0 Å². The topological polar surface area (TPSA) is 76.0 Å². The van der Waals surface area contributed by atoms with E-state index < -0.39 is 18.2 Å². The molecule has 0 aromatic carbocycles. The van der Waals surface area contributed by atoms with Gasteiger partial charge >= 0.3 is 5.97 Å². The number of rotatable bonds is 3. The van der Waals surface area contributed by atoms with Crippen LogP contribution in [0.1, 0.15) is 0 Å². The largest absolute Gasteiger partial charge is 0.505 e. The molecular weight excluding hydrogens is 244 g/mol. The predicted molar refractivity (Wildman–Crippen MR) is 46.3 cm³/mol. The number of cyclic esters (lactones) is 1. The molecule has 13 heavy (non-hydrogen) atoms. The molecule has 0 saturated heterocycles. The van der Waals surface area contributed by atoms with Crippen LogP contribution in [0.3, 0.4) is 0 Å². The summed E-state index contributed by atoms with van der Waals surface area (Å²) in [5.41, 5.74) is 0. The fourth-order valence-corrected chi connectivity index (χ4v) is 1.33. The van der Waals surface area contributed by atoms with E-state index in [4.69, 9.17) is 0 Å². The summed E-state index contributed by atoms with van der Waals surface area (Å²) in [6.07, 6.45) is -2.00. The Balaban J connectivity index is 2.84. The van der Waals surface area contributed by atoms with Crippen LogP contribution >= 0.6 is 15.9 Å². The molecule has 1 heterocycles. The minimum absolute atomic E-state index is 0.200. The highest BCUT2D eigenvalue weighted by Crippen LogP contribution is 2.23. The molecule has 2 N–H and O–H groups in total. The zero-order valence-corrected chi connectivity index (χ0v) is 8.44. The number of esters is 1. The second-order valence-corrected chi connectivity index (χ2v) is 3.11. The Morgan fingerprint density at radius 3 is 2.77 bits per heavy atom. The molecule has 0 amide bonds. The van der Waals surface area contributed by atoms with E-state index in [1.165, 1.54) is 7.11 Å². The predicted octanol–water partition coefficient (Wildman–Crippen LogP) is 0.0836. The molecule has 0 radical (unpaired) electrons. The van der Waals surface area contributed by atoms with Crippen molar-refractivity contribution < 1.29 is 24.5 Å². The van der Waals surface area contributed by atoms with Crippen LogP contribution in [-0.2, 0) is 14.3 Å². The highest BCUT2D eigenvalue weighted by Gasteiger charge is 2.39. The number of aliphatic hydroxyl groups excluding tert-OH is 2. The van der Waals surface area contributed by atoms with Crippen molar-refractivity contribution in [1.82, 2.24) is 0 Å². The van der Waals surface area contributed by atoms with Crippen molar-refractivity contribution in [2.45, 2.75) is 12.2 Å². The first kappa shape index (κ1) is 10.3. The third-order valence-corrected chi connectivity index (χ3v) is 2.30. The second-order valence-electron chi connectivity index (χ2n) is 2.47. The summed E-state index contributed by atoms with van der Waals surface area (Å²) in [7, 11) is 1.25. The van der Waals surface area contributed by atoms with Gasteiger partial charge in [-0.15, -0.1) is 0 Å². The molecule has 2 atom stereocenters. The van der Waals surface area contributed by atoms with E-state index in [0.717, 1.165) is 0 Å². The molecular formula is C7H9BrO5. The number of carbonyl (C=O) groups excluding carboxylic acids is 1. The van der Waals surface area contributed by atoms with Gasteiger partial charge in [0.05, 0.1) is 7.11 Å². The van der Waals surface area contributed by atoms with Crippen molar-refractivity contribution in [3.8, 4) is 0 Å². The van der Waals surface area contributed by atoms with Crippen LogP contribution in [0, 0.1) is 0 Å². The van der Waals surface area contributed by atoms with Crippen LogP contribution in [0.5, 0.6) is 0 Å². The molecule has 1 aliphatic rings. The van der Waals surface area contributed by atoms with Gasteiger partial charge in [-0.2, -0.15) is 0 Å². The van der Waals surface area contributed by atoms with Gasteiger partial charge in [0.25, 0.3) is 0 Å². The maximum atomic E-state index is 11.0. The summed E-state index contributed by atoms with van der Waals surface area (Å²) >= 11 is 3.00. The lowest BCUT2D eigenvalue weighted by Gasteiger charge is -2.13. The van der Waals surface area contributed by atoms with Gasteiger partial charge < -0.3 is 19.7 Å². The molecule has 1 rings (SSSR count). The Morgan fingerprint density at radius 1 is 1.77 bits per heavy atom. The third-order valence-electron chi connectivity index (χ3n) is 1.63. The number of carbonyl (C=O) groups is 1. The maximum Gasteiger partial charge on any atom is 0.378 e. The lowest BCUT2D eigenvalue weighted by Crippen LogP contribution is -2.29. The quantitative estimate of drug-likeness (QED) is 0.550. The Morgan fingerprint density at radius 2 is 2.38 bits per heavy atom. The highest BCUT2D eigenvalue weighted by molar-refractivity contribution is 9.09. The molecule has 1 aliphatic heterocycles. The van der Waals surface area contributed by atoms with Gasteiger partial charge in [0.1, 0.15) is 6.10 Å². The molecule has 0 fully saturated rings. The average molecular weight is 253 g/mol. The van der Waals surface area contributed by atoms with Crippen LogP contribution in [0.2, 0.25) is 0 Å². The van der Waals surface area contributed by atoms with Gasteiger partial charge in [0.2, 0.25) is 5.76 Å². The molecule has 74 valence electrons.